The highest BCUT2D eigenvalue weighted by atomic mass is 79.9. The van der Waals surface area contributed by atoms with Gasteiger partial charge in [-0.1, -0.05) is 52.3 Å². The van der Waals surface area contributed by atoms with Crippen LogP contribution < -0.4 is 5.56 Å². The maximum Gasteiger partial charge on any atom is 0.252 e. The third-order valence-electron chi connectivity index (χ3n) is 2.22. The van der Waals surface area contributed by atoms with Crippen molar-refractivity contribution in [3.05, 3.63) is 58.4 Å². The number of aromatic nitrogens is 1. The second kappa shape index (κ2) is 4.45. The molecule has 1 heterocycles. The number of pyridine rings is 1. The minimum atomic E-state index is -0.0340. The Labute approximate surface area is 96.1 Å². The Morgan fingerprint density at radius 1 is 1.07 bits per heavy atom. The van der Waals surface area contributed by atoms with Gasteiger partial charge in [0.2, 0.25) is 0 Å². The first-order chi connectivity index (χ1) is 7.31. The minimum absolute atomic E-state index is 0.0340. The summed E-state index contributed by atoms with van der Waals surface area (Å²) in [5.41, 5.74) is 2.59. The van der Waals surface area contributed by atoms with E-state index in [1.165, 1.54) is 0 Å². The van der Waals surface area contributed by atoms with Crippen LogP contribution in [-0.2, 0) is 5.33 Å². The molecule has 0 fully saturated rings. The van der Waals surface area contributed by atoms with E-state index >= 15 is 0 Å². The van der Waals surface area contributed by atoms with Gasteiger partial charge in [0.05, 0.1) is 0 Å². The second-order valence-electron chi connectivity index (χ2n) is 3.23. The summed E-state index contributed by atoms with van der Waals surface area (Å²) < 4.78 is 0. The SMILES string of the molecule is O=c1[nH]c(-c2ccccc2)ccc1CBr. The van der Waals surface area contributed by atoms with Gasteiger partial charge in [0, 0.05) is 16.6 Å². The van der Waals surface area contributed by atoms with Gasteiger partial charge in [-0.05, 0) is 11.6 Å². The molecule has 0 saturated carbocycles. The normalized spacial score (nSPS) is 10.2. The van der Waals surface area contributed by atoms with Gasteiger partial charge in [0.25, 0.3) is 5.56 Å². The largest absolute Gasteiger partial charge is 0.322 e. The lowest BCUT2D eigenvalue weighted by molar-refractivity contribution is 1.18. The van der Waals surface area contributed by atoms with E-state index in [1.54, 1.807) is 0 Å². The molecule has 1 aromatic carbocycles. The Morgan fingerprint density at radius 2 is 1.80 bits per heavy atom. The quantitative estimate of drug-likeness (QED) is 0.831. The Kier molecular flexibility index (Phi) is 3.02. The third kappa shape index (κ3) is 2.18. The molecule has 0 saturated heterocycles. The zero-order valence-corrected chi connectivity index (χ0v) is 9.62. The van der Waals surface area contributed by atoms with Crippen molar-refractivity contribution in [2.24, 2.45) is 0 Å². The molecule has 76 valence electrons. The van der Waals surface area contributed by atoms with Crippen molar-refractivity contribution >= 4 is 15.9 Å². The van der Waals surface area contributed by atoms with E-state index in [4.69, 9.17) is 0 Å². The fourth-order valence-electron chi connectivity index (χ4n) is 1.40. The number of hydrogen-bond donors (Lipinski definition) is 1. The molecule has 1 aromatic heterocycles. The summed E-state index contributed by atoms with van der Waals surface area (Å²) in [5, 5.41) is 0.581. The summed E-state index contributed by atoms with van der Waals surface area (Å²) in [6, 6.07) is 13.6. The van der Waals surface area contributed by atoms with E-state index in [0.29, 0.717) is 5.33 Å². The molecule has 0 aliphatic carbocycles. The summed E-state index contributed by atoms with van der Waals surface area (Å²) in [6.45, 7) is 0. The number of nitrogens with one attached hydrogen (secondary N) is 1. The number of alkyl halides is 1. The van der Waals surface area contributed by atoms with Crippen LogP contribution in [0.15, 0.2) is 47.3 Å². The van der Waals surface area contributed by atoms with Gasteiger partial charge < -0.3 is 4.98 Å². The van der Waals surface area contributed by atoms with Crippen LogP contribution in [-0.4, -0.2) is 4.98 Å². The van der Waals surface area contributed by atoms with Crippen LogP contribution in [0.5, 0.6) is 0 Å². The lowest BCUT2D eigenvalue weighted by Crippen LogP contribution is -2.11. The number of H-pyrrole nitrogens is 1. The highest BCUT2D eigenvalue weighted by molar-refractivity contribution is 9.08. The zero-order valence-electron chi connectivity index (χ0n) is 8.03. The van der Waals surface area contributed by atoms with Crippen LogP contribution in [0.3, 0.4) is 0 Å². The summed E-state index contributed by atoms with van der Waals surface area (Å²) in [4.78, 5) is 14.4. The molecular weight excluding hydrogens is 254 g/mol. The summed E-state index contributed by atoms with van der Waals surface area (Å²) in [6.07, 6.45) is 0. The molecule has 1 N–H and O–H groups in total. The molecule has 0 atom stereocenters. The standard InChI is InChI=1S/C12H10BrNO/c13-8-10-6-7-11(14-12(10)15)9-4-2-1-3-5-9/h1-7H,8H2,(H,14,15). The van der Waals surface area contributed by atoms with Crippen LogP contribution in [0.2, 0.25) is 0 Å². The Balaban J connectivity index is 2.48. The Morgan fingerprint density at radius 3 is 2.40 bits per heavy atom. The van der Waals surface area contributed by atoms with Crippen LogP contribution in [0.4, 0.5) is 0 Å². The average molecular weight is 264 g/mol. The highest BCUT2D eigenvalue weighted by Crippen LogP contribution is 2.14. The highest BCUT2D eigenvalue weighted by Gasteiger charge is 2.00. The fourth-order valence-corrected chi connectivity index (χ4v) is 1.84. The van der Waals surface area contributed by atoms with Gasteiger partial charge in [-0.15, -0.1) is 0 Å². The van der Waals surface area contributed by atoms with Crippen molar-refractivity contribution in [2.75, 3.05) is 0 Å². The van der Waals surface area contributed by atoms with Crippen LogP contribution in [0.25, 0.3) is 11.3 Å². The molecule has 0 bridgehead atoms. The molecular formula is C12H10BrNO. The summed E-state index contributed by atoms with van der Waals surface area (Å²) >= 11 is 3.27. The van der Waals surface area contributed by atoms with E-state index in [0.717, 1.165) is 16.8 Å². The smallest absolute Gasteiger partial charge is 0.252 e. The number of aromatic amines is 1. The summed E-state index contributed by atoms with van der Waals surface area (Å²) in [5.74, 6) is 0. The zero-order chi connectivity index (χ0) is 10.7. The number of halogens is 1. The fraction of sp³-hybridized carbons (Fsp3) is 0.0833. The molecule has 0 amide bonds. The monoisotopic (exact) mass is 263 g/mol. The van der Waals surface area contributed by atoms with Crippen molar-refractivity contribution in [1.29, 1.82) is 0 Å². The van der Waals surface area contributed by atoms with Crippen LogP contribution in [0, 0.1) is 0 Å². The third-order valence-corrected chi connectivity index (χ3v) is 2.82. The Hall–Kier alpha value is -1.35. The average Bonchev–Trinajstić information content (AvgIpc) is 2.30. The molecule has 0 unspecified atom stereocenters. The predicted octanol–water partition coefficient (Wildman–Crippen LogP) is 2.94. The van der Waals surface area contributed by atoms with Gasteiger partial charge in [-0.25, -0.2) is 0 Å². The maximum absolute atomic E-state index is 11.6. The van der Waals surface area contributed by atoms with E-state index in [-0.39, 0.29) is 5.56 Å². The van der Waals surface area contributed by atoms with E-state index in [9.17, 15) is 4.79 Å². The summed E-state index contributed by atoms with van der Waals surface area (Å²) in [7, 11) is 0. The number of hydrogen-bond acceptors (Lipinski definition) is 1. The molecule has 0 aliphatic heterocycles. The van der Waals surface area contributed by atoms with Crippen molar-refractivity contribution < 1.29 is 0 Å². The lowest BCUT2D eigenvalue weighted by atomic mass is 10.1. The predicted molar refractivity (Wildman–Crippen MR) is 65.1 cm³/mol. The van der Waals surface area contributed by atoms with Gasteiger partial charge in [0.15, 0.2) is 0 Å². The topological polar surface area (TPSA) is 32.9 Å². The Bertz CT molecular complexity index is 505. The molecule has 0 radical (unpaired) electrons. The van der Waals surface area contributed by atoms with Crippen molar-refractivity contribution in [3.63, 3.8) is 0 Å². The first kappa shape index (κ1) is 10.2. The first-order valence-corrected chi connectivity index (χ1v) is 5.77. The van der Waals surface area contributed by atoms with Gasteiger partial charge in [-0.3, -0.25) is 4.79 Å². The van der Waals surface area contributed by atoms with Gasteiger partial charge in [0.1, 0.15) is 0 Å². The van der Waals surface area contributed by atoms with Crippen LogP contribution in [0.1, 0.15) is 5.56 Å². The molecule has 2 nitrogen and oxygen atoms in total. The van der Waals surface area contributed by atoms with E-state index in [2.05, 4.69) is 20.9 Å². The minimum Gasteiger partial charge on any atom is -0.322 e. The second-order valence-corrected chi connectivity index (χ2v) is 3.79. The maximum atomic E-state index is 11.6. The van der Waals surface area contributed by atoms with Gasteiger partial charge >= 0.3 is 0 Å². The van der Waals surface area contributed by atoms with Crippen molar-refractivity contribution in [2.45, 2.75) is 5.33 Å². The first-order valence-electron chi connectivity index (χ1n) is 4.65. The molecule has 0 aliphatic rings. The molecule has 2 aromatic rings. The van der Waals surface area contributed by atoms with E-state index in [1.807, 2.05) is 42.5 Å². The van der Waals surface area contributed by atoms with Crippen molar-refractivity contribution in [3.8, 4) is 11.3 Å². The number of rotatable bonds is 2. The van der Waals surface area contributed by atoms with E-state index < -0.39 is 0 Å². The van der Waals surface area contributed by atoms with Crippen molar-refractivity contribution in [1.82, 2.24) is 4.98 Å². The molecule has 3 heteroatoms. The molecule has 0 spiro atoms. The molecule has 2 rings (SSSR count). The van der Waals surface area contributed by atoms with Crippen LogP contribution >= 0.6 is 15.9 Å². The molecule has 15 heavy (non-hydrogen) atoms. The lowest BCUT2D eigenvalue weighted by Gasteiger charge is -2.01. The van der Waals surface area contributed by atoms with Gasteiger partial charge in [-0.2, -0.15) is 0 Å². The number of benzene rings is 1.